The normalized spacial score (nSPS) is 13.4. The third kappa shape index (κ3) is 61.2. The third-order valence-corrected chi connectivity index (χ3v) is 11.9. The van der Waals surface area contributed by atoms with Crippen LogP contribution < -0.4 is 0 Å². The van der Waals surface area contributed by atoms with E-state index in [0.29, 0.717) is 19.3 Å². The van der Waals surface area contributed by atoms with Crippen LogP contribution in [0.4, 0.5) is 0 Å². The molecule has 0 rings (SSSR count). The Kier molecular flexibility index (Phi) is 58.6. The summed E-state index contributed by atoms with van der Waals surface area (Å²) in [6, 6.07) is 0. The van der Waals surface area contributed by atoms with Crippen molar-refractivity contribution in [1.29, 1.82) is 0 Å². The first kappa shape index (κ1) is 71.5. The summed E-state index contributed by atoms with van der Waals surface area (Å²) in [5.74, 6) is -1.11. The van der Waals surface area contributed by atoms with Crippen molar-refractivity contribution in [3.8, 4) is 0 Å². The molecule has 0 N–H and O–H groups in total. The molecule has 77 heavy (non-hydrogen) atoms. The monoisotopic (exact) mass is 1060 g/mol. The molecule has 0 fully saturated rings. The van der Waals surface area contributed by atoms with E-state index in [2.05, 4.69) is 191 Å². The first-order valence-electron chi connectivity index (χ1n) is 30.3. The maximum Gasteiger partial charge on any atom is 0.310 e. The lowest BCUT2D eigenvalue weighted by atomic mass is 10.1. The van der Waals surface area contributed by atoms with E-state index in [1.165, 1.54) is 19.3 Å². The highest BCUT2D eigenvalue weighted by Crippen LogP contribution is 2.12. The molecule has 0 bridgehead atoms. The number of carbonyl (C=O) groups is 3. The number of esters is 3. The highest BCUT2D eigenvalue weighted by atomic mass is 16.6. The van der Waals surface area contributed by atoms with Crippen molar-refractivity contribution < 1.29 is 28.6 Å². The minimum Gasteiger partial charge on any atom is -0.462 e. The maximum atomic E-state index is 12.8. The van der Waals surface area contributed by atoms with Gasteiger partial charge >= 0.3 is 17.9 Å². The quantitative estimate of drug-likeness (QED) is 0.0261. The molecule has 0 saturated heterocycles. The fourth-order valence-electron chi connectivity index (χ4n) is 7.45. The number of allylic oxidation sites excluding steroid dienone is 29. The molecule has 1 unspecified atom stereocenters. The fourth-order valence-corrected chi connectivity index (χ4v) is 7.45. The molecule has 0 aliphatic rings. The lowest BCUT2D eigenvalue weighted by molar-refractivity contribution is -0.166. The summed E-state index contributed by atoms with van der Waals surface area (Å²) in [4.78, 5) is 38.1. The van der Waals surface area contributed by atoms with E-state index in [0.717, 1.165) is 161 Å². The van der Waals surface area contributed by atoms with Crippen LogP contribution in [0.5, 0.6) is 0 Å². The van der Waals surface area contributed by atoms with Gasteiger partial charge in [-0.05, 0) is 135 Å². The van der Waals surface area contributed by atoms with Crippen molar-refractivity contribution in [2.75, 3.05) is 13.2 Å². The van der Waals surface area contributed by atoms with E-state index in [1.807, 2.05) is 6.08 Å². The summed E-state index contributed by atoms with van der Waals surface area (Å²) < 4.78 is 16.7. The van der Waals surface area contributed by atoms with Gasteiger partial charge in [0.25, 0.3) is 0 Å². The van der Waals surface area contributed by atoms with Gasteiger partial charge in [0.05, 0.1) is 6.42 Å². The molecule has 0 aromatic rings. The van der Waals surface area contributed by atoms with Gasteiger partial charge in [0.15, 0.2) is 6.10 Å². The van der Waals surface area contributed by atoms with Gasteiger partial charge in [-0.2, -0.15) is 0 Å². The van der Waals surface area contributed by atoms with E-state index in [4.69, 9.17) is 14.2 Å². The summed E-state index contributed by atoms with van der Waals surface area (Å²) in [6.07, 6.45) is 94.9. The molecule has 0 aromatic carbocycles. The molecule has 6 nitrogen and oxygen atoms in total. The number of rotatable bonds is 52. The molecule has 0 aromatic heterocycles. The molecular formula is C71H108O6. The fraction of sp³-hybridized carbons (Fsp3) is 0.535. The molecule has 0 spiro atoms. The van der Waals surface area contributed by atoms with Crippen molar-refractivity contribution in [3.63, 3.8) is 0 Å². The maximum absolute atomic E-state index is 12.8. The number of hydrogen-bond donors (Lipinski definition) is 0. The van der Waals surface area contributed by atoms with E-state index in [-0.39, 0.29) is 31.6 Å². The zero-order valence-corrected chi connectivity index (χ0v) is 48.9. The summed E-state index contributed by atoms with van der Waals surface area (Å²) in [6.45, 7) is 6.21. The average Bonchev–Trinajstić information content (AvgIpc) is 3.43. The van der Waals surface area contributed by atoms with Crippen LogP contribution in [0.15, 0.2) is 182 Å². The summed E-state index contributed by atoms with van der Waals surface area (Å²) in [5, 5.41) is 0. The van der Waals surface area contributed by atoms with Crippen molar-refractivity contribution in [3.05, 3.63) is 182 Å². The summed E-state index contributed by atoms with van der Waals surface area (Å²) in [5.41, 5.74) is 0. The standard InChI is InChI=1S/C71H108O6/c1-4-7-10-13-16-19-22-25-27-28-29-30-31-32-33-34-35-36-37-38-39-40-41-42-44-46-49-52-55-58-61-64-70(73)76-67-68(66-75-69(72)63-60-57-54-51-48-45-24-21-18-15-12-9-6-3)77-71(74)65-62-59-56-53-50-47-43-26-23-20-17-14-11-8-5-2/h7-8,10-12,15-17,19-21,24-27,29-30,32-33,35-36,38-39,41-43,50,53,59,62,68H,4-6,9,13-14,18,22-23,28,31,34,37,40,44-49,51-52,54-58,60-61,63-67H2,1-3H3/b10-7-,11-8-,15-12-,19-16-,20-17-,24-21-,27-25-,30-29-,33-32-,36-35-,39-38-,42-41-,43-26-,53-50-,62-59-. The average molecular weight is 1060 g/mol. The molecule has 6 heteroatoms. The Morgan fingerprint density at radius 2 is 0.545 bits per heavy atom. The Labute approximate surface area is 472 Å². The molecule has 0 amide bonds. The topological polar surface area (TPSA) is 78.9 Å². The molecule has 0 saturated carbocycles. The molecule has 0 radical (unpaired) electrons. The SMILES string of the molecule is CC/C=C\C/C=C\C/C=C\C/C=C\C/C=C\C/C=C\C/C=C\C/C=C\CCCCCCCCC(=O)OCC(COC(=O)CCCCCCC/C=C\C/C=C\CCC)OC(=O)C/C=C\C/C=C\C/C=C\C/C=C\C/C=C\CC. The number of carbonyl (C=O) groups excluding carboxylic acids is 3. The predicted molar refractivity (Wildman–Crippen MR) is 334 cm³/mol. The Morgan fingerprint density at radius 3 is 0.857 bits per heavy atom. The third-order valence-electron chi connectivity index (χ3n) is 11.9. The number of unbranched alkanes of at least 4 members (excludes halogenated alkanes) is 12. The second-order valence-electron chi connectivity index (χ2n) is 19.2. The van der Waals surface area contributed by atoms with E-state index >= 15 is 0 Å². The van der Waals surface area contributed by atoms with Crippen molar-refractivity contribution in [2.24, 2.45) is 0 Å². The molecule has 0 heterocycles. The molecule has 0 aliphatic heterocycles. The minimum absolute atomic E-state index is 0.0810. The second kappa shape index (κ2) is 63.0. The van der Waals surface area contributed by atoms with E-state index in [9.17, 15) is 14.4 Å². The van der Waals surface area contributed by atoms with E-state index < -0.39 is 12.1 Å². The van der Waals surface area contributed by atoms with Gasteiger partial charge in [0.2, 0.25) is 0 Å². The van der Waals surface area contributed by atoms with Gasteiger partial charge in [-0.3, -0.25) is 14.4 Å². The molecule has 1 atom stereocenters. The first-order valence-corrected chi connectivity index (χ1v) is 30.3. The van der Waals surface area contributed by atoms with E-state index in [1.54, 1.807) is 6.08 Å². The van der Waals surface area contributed by atoms with Crippen LogP contribution in [0.2, 0.25) is 0 Å². The molecule has 428 valence electrons. The second-order valence-corrected chi connectivity index (χ2v) is 19.2. The zero-order valence-electron chi connectivity index (χ0n) is 48.9. The van der Waals surface area contributed by atoms with Crippen LogP contribution >= 0.6 is 0 Å². The van der Waals surface area contributed by atoms with Gasteiger partial charge in [0, 0.05) is 12.8 Å². The Morgan fingerprint density at radius 1 is 0.286 bits per heavy atom. The van der Waals surface area contributed by atoms with Gasteiger partial charge in [0.1, 0.15) is 13.2 Å². The van der Waals surface area contributed by atoms with Gasteiger partial charge in [-0.15, -0.1) is 0 Å². The smallest absolute Gasteiger partial charge is 0.310 e. The number of hydrogen-bond acceptors (Lipinski definition) is 6. The summed E-state index contributed by atoms with van der Waals surface area (Å²) in [7, 11) is 0. The van der Waals surface area contributed by atoms with Crippen LogP contribution in [0.25, 0.3) is 0 Å². The van der Waals surface area contributed by atoms with Crippen molar-refractivity contribution in [1.82, 2.24) is 0 Å². The lowest BCUT2D eigenvalue weighted by Crippen LogP contribution is -2.30. The van der Waals surface area contributed by atoms with Gasteiger partial charge in [-0.1, -0.05) is 254 Å². The highest BCUT2D eigenvalue weighted by Gasteiger charge is 2.19. The minimum atomic E-state index is -0.855. The predicted octanol–water partition coefficient (Wildman–Crippen LogP) is 20.9. The van der Waals surface area contributed by atoms with Crippen LogP contribution in [-0.2, 0) is 28.6 Å². The Hall–Kier alpha value is -5.49. The van der Waals surface area contributed by atoms with Gasteiger partial charge in [-0.25, -0.2) is 0 Å². The van der Waals surface area contributed by atoms with Crippen molar-refractivity contribution >= 4 is 17.9 Å². The Balaban J connectivity index is 4.43. The largest absolute Gasteiger partial charge is 0.462 e. The molecule has 0 aliphatic carbocycles. The van der Waals surface area contributed by atoms with Gasteiger partial charge < -0.3 is 14.2 Å². The van der Waals surface area contributed by atoms with Crippen molar-refractivity contribution in [2.45, 2.75) is 232 Å². The Bertz CT molecular complexity index is 1840. The lowest BCUT2D eigenvalue weighted by Gasteiger charge is -2.18. The first-order chi connectivity index (χ1) is 38.0. The highest BCUT2D eigenvalue weighted by molar-refractivity contribution is 5.72. The van der Waals surface area contributed by atoms with Crippen LogP contribution in [0, 0.1) is 0 Å². The molecular weight excluding hydrogens is 949 g/mol. The number of ether oxygens (including phenoxy) is 3. The van der Waals surface area contributed by atoms with Crippen LogP contribution in [0.1, 0.15) is 226 Å². The zero-order chi connectivity index (χ0) is 55.7. The van der Waals surface area contributed by atoms with Crippen LogP contribution in [0.3, 0.4) is 0 Å². The van der Waals surface area contributed by atoms with Crippen LogP contribution in [-0.4, -0.2) is 37.2 Å². The summed E-state index contributed by atoms with van der Waals surface area (Å²) >= 11 is 0.